The monoisotopic (exact) mass is 489 g/mol. The second kappa shape index (κ2) is 11.4. The third-order valence-electron chi connectivity index (χ3n) is 6.28. The number of carbonyl (C=O) groups excluding carboxylic acids is 2. The second-order valence-electron chi connectivity index (χ2n) is 8.78. The molecular weight excluding hydrogens is 462 g/mol. The fourth-order valence-electron chi connectivity index (χ4n) is 4.40. The number of anilines is 1. The lowest BCUT2D eigenvalue weighted by atomic mass is 10.0. The summed E-state index contributed by atoms with van der Waals surface area (Å²) in [6, 6.07) is 36.1. The first-order valence-corrected chi connectivity index (χ1v) is 12.3. The van der Waals surface area contributed by atoms with Gasteiger partial charge < -0.3 is 14.8 Å². The zero-order valence-electron chi connectivity index (χ0n) is 20.3. The van der Waals surface area contributed by atoms with Gasteiger partial charge >= 0.3 is 11.9 Å². The molecule has 0 aliphatic carbocycles. The normalized spacial score (nSPS) is 11.7. The van der Waals surface area contributed by atoms with Gasteiger partial charge in [0.25, 0.3) is 0 Å². The summed E-state index contributed by atoms with van der Waals surface area (Å²) in [5.41, 5.74) is 1.96. The molecule has 0 heterocycles. The number of esters is 2. The van der Waals surface area contributed by atoms with E-state index in [1.54, 1.807) is 12.1 Å². The molecule has 5 heteroatoms. The lowest BCUT2D eigenvalue weighted by Gasteiger charge is -2.20. The summed E-state index contributed by atoms with van der Waals surface area (Å²) in [6.07, 6.45) is 0.466. The summed E-state index contributed by atoms with van der Waals surface area (Å²) in [5.74, 6) is -0.757. The van der Waals surface area contributed by atoms with Crippen molar-refractivity contribution in [2.45, 2.75) is 12.5 Å². The molecular formula is C32H27NO4. The number of para-hydroxylation sites is 1. The number of nitrogens with one attached hydrogen (secondary N) is 1. The Morgan fingerprint density at radius 3 is 1.73 bits per heavy atom. The highest BCUT2D eigenvalue weighted by Gasteiger charge is 2.17. The van der Waals surface area contributed by atoms with Gasteiger partial charge in [0.2, 0.25) is 0 Å². The quantitative estimate of drug-likeness (QED) is 0.229. The molecule has 1 unspecified atom stereocenters. The van der Waals surface area contributed by atoms with Gasteiger partial charge in [-0.05, 0) is 45.8 Å². The van der Waals surface area contributed by atoms with Crippen molar-refractivity contribution in [3.63, 3.8) is 0 Å². The summed E-state index contributed by atoms with van der Waals surface area (Å²) >= 11 is 0. The van der Waals surface area contributed by atoms with E-state index in [9.17, 15) is 9.59 Å². The zero-order chi connectivity index (χ0) is 25.5. The fourth-order valence-corrected chi connectivity index (χ4v) is 4.40. The number of benzene rings is 5. The molecule has 5 rings (SSSR count). The summed E-state index contributed by atoms with van der Waals surface area (Å²) in [4.78, 5) is 25.8. The summed E-state index contributed by atoms with van der Waals surface area (Å²) in [6.45, 7) is 0.307. The number of hydrogen-bond donors (Lipinski definition) is 1. The lowest BCUT2D eigenvalue weighted by Crippen LogP contribution is -2.29. The number of carbonyl (C=O) groups is 2. The van der Waals surface area contributed by atoms with Gasteiger partial charge in [0.05, 0.1) is 23.8 Å². The maximum absolute atomic E-state index is 13.0. The van der Waals surface area contributed by atoms with Crippen LogP contribution in [0, 0.1) is 0 Å². The highest BCUT2D eigenvalue weighted by molar-refractivity contribution is 6.05. The van der Waals surface area contributed by atoms with Crippen LogP contribution in [0.25, 0.3) is 21.5 Å². The number of fused-ring (bicyclic) bond motifs is 2. The van der Waals surface area contributed by atoms with Gasteiger partial charge in [0, 0.05) is 12.1 Å². The van der Waals surface area contributed by atoms with Gasteiger partial charge in [-0.3, -0.25) is 0 Å². The minimum Gasteiger partial charge on any atom is -0.462 e. The van der Waals surface area contributed by atoms with E-state index in [-0.39, 0.29) is 31.2 Å². The summed E-state index contributed by atoms with van der Waals surface area (Å²) in [5, 5.41) is 7.08. The van der Waals surface area contributed by atoms with E-state index in [4.69, 9.17) is 9.47 Å². The molecule has 5 aromatic rings. The van der Waals surface area contributed by atoms with E-state index in [1.807, 2.05) is 103 Å². The van der Waals surface area contributed by atoms with E-state index in [0.717, 1.165) is 27.2 Å². The van der Waals surface area contributed by atoms with E-state index < -0.39 is 0 Å². The van der Waals surface area contributed by atoms with Crippen molar-refractivity contribution in [3.8, 4) is 0 Å². The van der Waals surface area contributed by atoms with E-state index in [1.165, 1.54) is 0 Å². The summed E-state index contributed by atoms with van der Waals surface area (Å²) in [7, 11) is 0. The van der Waals surface area contributed by atoms with Crippen molar-refractivity contribution < 1.29 is 19.1 Å². The van der Waals surface area contributed by atoms with Crippen LogP contribution in [0.15, 0.2) is 115 Å². The molecule has 0 saturated carbocycles. The minimum atomic E-state index is -0.385. The Labute approximate surface area is 215 Å². The van der Waals surface area contributed by atoms with Gasteiger partial charge in [-0.25, -0.2) is 9.59 Å². The maximum Gasteiger partial charge on any atom is 0.338 e. The first-order chi connectivity index (χ1) is 18.2. The molecule has 5 nitrogen and oxygen atoms in total. The summed E-state index contributed by atoms with van der Waals surface area (Å²) < 4.78 is 11.4. The molecule has 0 amide bonds. The Morgan fingerprint density at radius 1 is 0.595 bits per heavy atom. The van der Waals surface area contributed by atoms with Crippen molar-refractivity contribution in [1.29, 1.82) is 0 Å². The van der Waals surface area contributed by atoms with Crippen LogP contribution in [0.3, 0.4) is 0 Å². The largest absolute Gasteiger partial charge is 0.462 e. The van der Waals surface area contributed by atoms with E-state index >= 15 is 0 Å². The average molecular weight is 490 g/mol. The van der Waals surface area contributed by atoms with Crippen molar-refractivity contribution >= 4 is 39.2 Å². The van der Waals surface area contributed by atoms with E-state index in [2.05, 4.69) is 5.32 Å². The molecule has 0 fully saturated rings. The molecule has 37 heavy (non-hydrogen) atoms. The molecule has 0 saturated heterocycles. The van der Waals surface area contributed by atoms with Gasteiger partial charge in [0.15, 0.2) is 0 Å². The smallest absolute Gasteiger partial charge is 0.338 e. The van der Waals surface area contributed by atoms with Crippen LogP contribution in [-0.4, -0.2) is 31.2 Å². The Bertz CT molecular complexity index is 1520. The molecule has 0 aliphatic rings. The Hall–Kier alpha value is -4.64. The lowest BCUT2D eigenvalue weighted by molar-refractivity contribution is 0.0420. The SMILES string of the molecule is O=C(OCCC(COC(=O)c1cccc2ccccc12)Nc1ccccc1)c1cccc2ccccc12. The van der Waals surface area contributed by atoms with Crippen LogP contribution in [0.2, 0.25) is 0 Å². The fraction of sp³-hybridized carbons (Fsp3) is 0.125. The second-order valence-corrected chi connectivity index (χ2v) is 8.78. The van der Waals surface area contributed by atoms with Crippen LogP contribution in [0.1, 0.15) is 27.1 Å². The van der Waals surface area contributed by atoms with Crippen molar-refractivity contribution in [2.75, 3.05) is 18.5 Å². The Balaban J connectivity index is 1.25. The number of ether oxygens (including phenoxy) is 2. The molecule has 0 radical (unpaired) electrons. The highest BCUT2D eigenvalue weighted by atomic mass is 16.5. The molecule has 1 atom stereocenters. The molecule has 0 spiro atoms. The van der Waals surface area contributed by atoms with Crippen LogP contribution < -0.4 is 5.32 Å². The minimum absolute atomic E-state index is 0.128. The molecule has 5 aromatic carbocycles. The van der Waals surface area contributed by atoms with Crippen LogP contribution in [0.5, 0.6) is 0 Å². The molecule has 0 bridgehead atoms. The Morgan fingerprint density at radius 2 is 1.11 bits per heavy atom. The third kappa shape index (κ3) is 5.78. The van der Waals surface area contributed by atoms with Crippen LogP contribution in [-0.2, 0) is 9.47 Å². The molecule has 0 aromatic heterocycles. The van der Waals surface area contributed by atoms with Gasteiger partial charge in [0.1, 0.15) is 6.61 Å². The average Bonchev–Trinajstić information content (AvgIpc) is 2.95. The van der Waals surface area contributed by atoms with Crippen LogP contribution in [0.4, 0.5) is 5.69 Å². The number of rotatable bonds is 9. The highest BCUT2D eigenvalue weighted by Crippen LogP contribution is 2.21. The predicted octanol–water partition coefficient (Wildman–Crippen LogP) is 6.88. The third-order valence-corrected chi connectivity index (χ3v) is 6.28. The maximum atomic E-state index is 13.0. The van der Waals surface area contributed by atoms with Crippen molar-refractivity contribution in [2.24, 2.45) is 0 Å². The van der Waals surface area contributed by atoms with Gasteiger partial charge in [-0.2, -0.15) is 0 Å². The van der Waals surface area contributed by atoms with Crippen LogP contribution >= 0.6 is 0 Å². The topological polar surface area (TPSA) is 64.6 Å². The predicted molar refractivity (Wildman–Crippen MR) is 147 cm³/mol. The van der Waals surface area contributed by atoms with Crippen molar-refractivity contribution in [3.05, 3.63) is 126 Å². The standard InChI is InChI=1S/C32H27NO4/c34-31(29-18-8-12-23-10-4-6-16-27(23)29)36-21-20-26(33-25-14-2-1-3-15-25)22-37-32(35)30-19-9-13-24-11-5-7-17-28(24)30/h1-19,26,33H,20-22H2. The first kappa shape index (κ1) is 24.1. The molecule has 0 aliphatic heterocycles. The van der Waals surface area contributed by atoms with E-state index in [0.29, 0.717) is 17.5 Å². The first-order valence-electron chi connectivity index (χ1n) is 12.3. The Kier molecular flexibility index (Phi) is 7.42. The molecule has 1 N–H and O–H groups in total. The van der Waals surface area contributed by atoms with Crippen molar-refractivity contribution in [1.82, 2.24) is 0 Å². The van der Waals surface area contributed by atoms with Gasteiger partial charge in [-0.1, -0.05) is 91.0 Å². The zero-order valence-corrected chi connectivity index (χ0v) is 20.3. The molecule has 184 valence electrons. The number of hydrogen-bond acceptors (Lipinski definition) is 5. The van der Waals surface area contributed by atoms with Gasteiger partial charge in [-0.15, -0.1) is 0 Å².